The molecule has 1 aliphatic rings. The maximum atomic E-state index is 12.3. The molecule has 1 saturated heterocycles. The van der Waals surface area contributed by atoms with E-state index in [0.717, 1.165) is 32.1 Å². The highest BCUT2D eigenvalue weighted by molar-refractivity contribution is 5.74. The summed E-state index contributed by atoms with van der Waals surface area (Å²) in [5.41, 5.74) is 0. The van der Waals surface area contributed by atoms with E-state index < -0.39 is 0 Å². The van der Waals surface area contributed by atoms with Crippen LogP contribution in [0.1, 0.15) is 5.82 Å². The van der Waals surface area contributed by atoms with Crippen molar-refractivity contribution >= 4 is 19.0 Å². The number of imidazole rings is 1. The molecule has 2 rings (SSSR count). The van der Waals surface area contributed by atoms with Gasteiger partial charge in [0.05, 0.1) is 13.2 Å². The lowest BCUT2D eigenvalue weighted by Crippen LogP contribution is -2.45. The Morgan fingerprint density at radius 3 is 2.57 bits per heavy atom. The fourth-order valence-electron chi connectivity index (χ4n) is 2.73. The molecule has 1 atom stereocenters. The third kappa shape index (κ3) is 11.1. The molecule has 2 heterocycles. The number of aryl methyl sites for hydroxylation is 1. The highest BCUT2D eigenvalue weighted by Gasteiger charge is 2.22. The number of hydrogen-bond donors (Lipinski definition) is 3. The van der Waals surface area contributed by atoms with Gasteiger partial charge in [-0.05, 0) is 21.0 Å². The molecule has 1 aliphatic heterocycles. The van der Waals surface area contributed by atoms with E-state index in [9.17, 15) is 4.79 Å². The highest BCUT2D eigenvalue weighted by Crippen LogP contribution is 2.08. The Balaban J connectivity index is 0.00000108. The molecule has 1 aromatic heterocycles. The molecule has 0 saturated carbocycles. The first-order valence-corrected chi connectivity index (χ1v) is 8.78. The minimum Gasteiger partial charge on any atom is -0.483 e. The van der Waals surface area contributed by atoms with Gasteiger partial charge in [0.25, 0.3) is 12.9 Å². The second kappa shape index (κ2) is 15.4. The third-order valence-electron chi connectivity index (χ3n) is 3.80. The Kier molecular flexibility index (Phi) is 13.9. The number of aromatic nitrogens is 2. The highest BCUT2D eigenvalue weighted by atomic mass is 16.5. The number of nitrogens with zero attached hydrogens (tertiary/aromatic N) is 4. The fourth-order valence-corrected chi connectivity index (χ4v) is 2.73. The van der Waals surface area contributed by atoms with Crippen molar-refractivity contribution < 1.29 is 29.3 Å². The van der Waals surface area contributed by atoms with Crippen LogP contribution in [-0.4, -0.2) is 102 Å². The van der Waals surface area contributed by atoms with Crippen molar-refractivity contribution in [3.63, 3.8) is 0 Å². The summed E-state index contributed by atoms with van der Waals surface area (Å²) < 4.78 is 7.64. The van der Waals surface area contributed by atoms with E-state index in [2.05, 4.69) is 15.2 Å². The molecule has 1 unspecified atom stereocenters. The van der Waals surface area contributed by atoms with Gasteiger partial charge in [-0.1, -0.05) is 0 Å². The van der Waals surface area contributed by atoms with Crippen LogP contribution in [0.5, 0.6) is 0 Å². The van der Waals surface area contributed by atoms with Gasteiger partial charge in [0.1, 0.15) is 5.82 Å². The molecule has 11 heteroatoms. The lowest BCUT2D eigenvalue weighted by Gasteiger charge is -2.25. The molecule has 0 aliphatic carbocycles. The van der Waals surface area contributed by atoms with Crippen LogP contribution in [0.3, 0.4) is 0 Å². The SMILES string of the molecule is Cc1nccn1CCNC(=O)N1CCOCC(CN(C)C)C1.O=CO.O=CO. The minimum absolute atomic E-state index is 0.00738. The predicted molar refractivity (Wildman–Crippen MR) is 102 cm³/mol. The van der Waals surface area contributed by atoms with E-state index in [1.54, 1.807) is 6.20 Å². The number of urea groups is 1. The molecule has 11 nitrogen and oxygen atoms in total. The summed E-state index contributed by atoms with van der Waals surface area (Å²) in [6.07, 6.45) is 3.70. The Bertz CT molecular complexity index is 560. The van der Waals surface area contributed by atoms with Gasteiger partial charge < -0.3 is 34.6 Å². The van der Waals surface area contributed by atoms with E-state index in [1.807, 2.05) is 36.7 Å². The molecule has 1 fully saturated rings. The van der Waals surface area contributed by atoms with Crippen LogP contribution in [0.15, 0.2) is 12.4 Å². The largest absolute Gasteiger partial charge is 0.483 e. The van der Waals surface area contributed by atoms with Crippen LogP contribution in [0, 0.1) is 12.8 Å². The van der Waals surface area contributed by atoms with Gasteiger partial charge in [-0.2, -0.15) is 0 Å². The second-order valence-electron chi connectivity index (χ2n) is 6.26. The zero-order valence-electron chi connectivity index (χ0n) is 16.7. The Labute approximate surface area is 164 Å². The van der Waals surface area contributed by atoms with Crippen molar-refractivity contribution in [3.8, 4) is 0 Å². The number of carbonyl (C=O) groups is 3. The van der Waals surface area contributed by atoms with E-state index in [4.69, 9.17) is 24.5 Å². The Morgan fingerprint density at radius 2 is 2.04 bits per heavy atom. The molecule has 28 heavy (non-hydrogen) atoms. The molecule has 160 valence electrons. The number of amides is 2. The first-order valence-electron chi connectivity index (χ1n) is 8.78. The summed E-state index contributed by atoms with van der Waals surface area (Å²) in [4.78, 5) is 37.2. The monoisotopic (exact) mass is 401 g/mol. The van der Waals surface area contributed by atoms with Gasteiger partial charge in [0.2, 0.25) is 0 Å². The van der Waals surface area contributed by atoms with E-state index in [0.29, 0.717) is 25.6 Å². The Hall–Kier alpha value is -2.66. The van der Waals surface area contributed by atoms with Gasteiger partial charge in [-0.25, -0.2) is 9.78 Å². The maximum absolute atomic E-state index is 12.3. The van der Waals surface area contributed by atoms with Gasteiger partial charge >= 0.3 is 6.03 Å². The van der Waals surface area contributed by atoms with Crippen LogP contribution in [0.4, 0.5) is 4.79 Å². The lowest BCUT2D eigenvalue weighted by molar-refractivity contribution is -0.123. The van der Waals surface area contributed by atoms with Gasteiger partial charge in [0, 0.05) is 51.0 Å². The van der Waals surface area contributed by atoms with Gasteiger partial charge in [0.15, 0.2) is 0 Å². The van der Waals surface area contributed by atoms with Crippen molar-refractivity contribution in [2.75, 3.05) is 53.5 Å². The van der Waals surface area contributed by atoms with Gasteiger partial charge in [-0.15, -0.1) is 0 Å². The van der Waals surface area contributed by atoms with Crippen molar-refractivity contribution in [2.45, 2.75) is 13.5 Å². The minimum atomic E-state index is -0.250. The number of nitrogens with one attached hydrogen (secondary N) is 1. The fraction of sp³-hybridized carbons (Fsp3) is 0.647. The standard InChI is InChI=1S/C15H27N5O2.2CH2O2/c1-13-16-4-6-19(13)7-5-17-15(21)20-8-9-22-12-14(11-20)10-18(2)3;2*2-1-3/h4,6,14H,5,7-12H2,1-3H3,(H,17,21);2*1H,(H,2,3). The third-order valence-corrected chi connectivity index (χ3v) is 3.80. The van der Waals surface area contributed by atoms with E-state index >= 15 is 0 Å². The molecule has 1 aromatic rings. The smallest absolute Gasteiger partial charge is 0.317 e. The summed E-state index contributed by atoms with van der Waals surface area (Å²) in [7, 11) is 4.09. The number of rotatable bonds is 5. The predicted octanol–water partition coefficient (Wildman–Crippen LogP) is -0.187. The number of ether oxygens (including phenoxy) is 1. The van der Waals surface area contributed by atoms with Gasteiger partial charge in [-0.3, -0.25) is 9.59 Å². The quantitative estimate of drug-likeness (QED) is 0.578. The number of hydrogen-bond acceptors (Lipinski definition) is 6. The first kappa shape index (κ1) is 25.3. The molecule has 0 bridgehead atoms. The zero-order chi connectivity index (χ0) is 21.4. The lowest BCUT2D eigenvalue weighted by atomic mass is 10.1. The first-order chi connectivity index (χ1) is 13.4. The summed E-state index contributed by atoms with van der Waals surface area (Å²) in [6, 6.07) is -0.00738. The van der Waals surface area contributed by atoms with Crippen molar-refractivity contribution in [1.29, 1.82) is 0 Å². The number of carboxylic acid groups (broad SMARTS) is 2. The zero-order valence-corrected chi connectivity index (χ0v) is 16.7. The summed E-state index contributed by atoms with van der Waals surface area (Å²) in [5.74, 6) is 1.32. The Morgan fingerprint density at radius 1 is 1.39 bits per heavy atom. The number of carbonyl (C=O) groups excluding carboxylic acids is 1. The summed E-state index contributed by atoms with van der Waals surface area (Å²) in [6.45, 7) is 6.45. The van der Waals surface area contributed by atoms with Crippen molar-refractivity contribution in [2.24, 2.45) is 5.92 Å². The molecule has 2 amide bonds. The van der Waals surface area contributed by atoms with E-state index in [-0.39, 0.29) is 19.0 Å². The van der Waals surface area contributed by atoms with Crippen LogP contribution in [0.25, 0.3) is 0 Å². The van der Waals surface area contributed by atoms with Crippen LogP contribution >= 0.6 is 0 Å². The van der Waals surface area contributed by atoms with Crippen molar-refractivity contribution in [3.05, 3.63) is 18.2 Å². The molecule has 0 aromatic carbocycles. The molecular formula is C17H31N5O6. The topological polar surface area (TPSA) is 137 Å². The average Bonchev–Trinajstić information content (AvgIpc) is 2.89. The summed E-state index contributed by atoms with van der Waals surface area (Å²) >= 11 is 0. The summed E-state index contributed by atoms with van der Waals surface area (Å²) in [5, 5.41) is 16.8. The van der Waals surface area contributed by atoms with Crippen LogP contribution in [-0.2, 0) is 20.9 Å². The van der Waals surface area contributed by atoms with Crippen molar-refractivity contribution in [1.82, 2.24) is 24.7 Å². The molecule has 0 spiro atoms. The molecular weight excluding hydrogens is 370 g/mol. The molecule has 3 N–H and O–H groups in total. The molecule has 0 radical (unpaired) electrons. The normalized spacial score (nSPS) is 16.0. The maximum Gasteiger partial charge on any atom is 0.317 e. The van der Waals surface area contributed by atoms with Crippen LogP contribution < -0.4 is 5.32 Å². The average molecular weight is 401 g/mol. The van der Waals surface area contributed by atoms with E-state index in [1.165, 1.54) is 0 Å². The van der Waals surface area contributed by atoms with Crippen LogP contribution in [0.2, 0.25) is 0 Å². The second-order valence-corrected chi connectivity index (χ2v) is 6.26.